The van der Waals surface area contributed by atoms with E-state index in [-0.39, 0.29) is 54.5 Å². The highest BCUT2D eigenvalue weighted by atomic mass is 16.5. The third-order valence-electron chi connectivity index (χ3n) is 6.34. The third-order valence-corrected chi connectivity index (χ3v) is 6.34. The molecule has 0 unspecified atom stereocenters. The number of ether oxygens (including phenoxy) is 2. The number of carbonyl (C=O) groups is 3. The second kappa shape index (κ2) is 11.1. The molecule has 4 amide bonds. The van der Waals surface area contributed by atoms with Gasteiger partial charge in [-0.1, -0.05) is 6.92 Å². The molecule has 1 heterocycles. The van der Waals surface area contributed by atoms with Crippen molar-refractivity contribution in [3.63, 3.8) is 0 Å². The Balaban J connectivity index is 1.92. The Hall–Kier alpha value is -2.81. The highest BCUT2D eigenvalue weighted by Crippen LogP contribution is 2.32. The van der Waals surface area contributed by atoms with Gasteiger partial charge in [-0.15, -0.1) is 0 Å². The zero-order chi connectivity index (χ0) is 25.0. The smallest absolute Gasteiger partial charge is 0.317 e. The van der Waals surface area contributed by atoms with Crippen molar-refractivity contribution in [2.75, 3.05) is 39.2 Å². The number of amides is 4. The van der Waals surface area contributed by atoms with Gasteiger partial charge in [0.2, 0.25) is 5.91 Å². The van der Waals surface area contributed by atoms with Gasteiger partial charge in [-0.25, -0.2) is 4.79 Å². The molecule has 0 spiro atoms. The zero-order valence-electron chi connectivity index (χ0n) is 21.1. The van der Waals surface area contributed by atoms with E-state index in [9.17, 15) is 14.4 Å². The maximum Gasteiger partial charge on any atom is 0.317 e. The minimum atomic E-state index is -0.261. The number of nitrogens with zero attached hydrogens (tertiary/aromatic N) is 2. The Morgan fingerprint density at radius 2 is 1.88 bits per heavy atom. The molecule has 2 aliphatic rings. The zero-order valence-corrected chi connectivity index (χ0v) is 21.1. The first-order chi connectivity index (χ1) is 16.1. The molecule has 3 atom stereocenters. The number of hydrogen-bond acceptors (Lipinski definition) is 5. The lowest BCUT2D eigenvalue weighted by Crippen LogP contribution is -2.52. The fourth-order valence-electron chi connectivity index (χ4n) is 4.05. The van der Waals surface area contributed by atoms with Gasteiger partial charge in [0.15, 0.2) is 0 Å². The molecule has 0 aromatic heterocycles. The van der Waals surface area contributed by atoms with Gasteiger partial charge in [0, 0.05) is 56.9 Å². The summed E-state index contributed by atoms with van der Waals surface area (Å²) in [5.74, 6) is 0.227. The van der Waals surface area contributed by atoms with Crippen molar-refractivity contribution in [2.45, 2.75) is 58.7 Å². The van der Waals surface area contributed by atoms with Crippen LogP contribution in [0.4, 0.5) is 10.5 Å². The number of likely N-dealkylation sites (N-methyl/N-ethyl adjacent to an activating group) is 1. The normalized spacial score (nSPS) is 24.0. The number of nitrogens with one attached hydrogen (secondary N) is 2. The highest BCUT2D eigenvalue weighted by Gasteiger charge is 2.32. The van der Waals surface area contributed by atoms with Crippen LogP contribution >= 0.6 is 0 Å². The van der Waals surface area contributed by atoms with Crippen molar-refractivity contribution in [1.29, 1.82) is 0 Å². The number of anilines is 1. The van der Waals surface area contributed by atoms with Crippen molar-refractivity contribution in [1.82, 2.24) is 15.1 Å². The van der Waals surface area contributed by atoms with Gasteiger partial charge in [0.25, 0.3) is 5.91 Å². The van der Waals surface area contributed by atoms with E-state index in [1.54, 1.807) is 42.2 Å². The van der Waals surface area contributed by atoms with E-state index < -0.39 is 0 Å². The predicted octanol–water partition coefficient (Wildman–Crippen LogP) is 2.96. The van der Waals surface area contributed by atoms with E-state index in [0.29, 0.717) is 30.1 Å². The van der Waals surface area contributed by atoms with Gasteiger partial charge >= 0.3 is 6.03 Å². The quantitative estimate of drug-likeness (QED) is 0.699. The van der Waals surface area contributed by atoms with Gasteiger partial charge in [-0.2, -0.15) is 0 Å². The Morgan fingerprint density at radius 3 is 2.50 bits per heavy atom. The number of fused-ring (bicyclic) bond motifs is 1. The predicted molar refractivity (Wildman–Crippen MR) is 130 cm³/mol. The van der Waals surface area contributed by atoms with E-state index in [1.807, 2.05) is 27.7 Å². The summed E-state index contributed by atoms with van der Waals surface area (Å²) in [6.07, 6.45) is 1.56. The summed E-state index contributed by atoms with van der Waals surface area (Å²) < 4.78 is 11.8. The Labute approximate surface area is 202 Å². The van der Waals surface area contributed by atoms with Crippen LogP contribution in [0.1, 0.15) is 50.9 Å². The number of benzene rings is 1. The fourth-order valence-corrected chi connectivity index (χ4v) is 4.05. The molecule has 0 bridgehead atoms. The van der Waals surface area contributed by atoms with Crippen LogP contribution in [0.3, 0.4) is 0 Å². The molecule has 3 rings (SSSR count). The monoisotopic (exact) mass is 474 g/mol. The van der Waals surface area contributed by atoms with E-state index in [0.717, 1.165) is 12.8 Å². The molecule has 1 aromatic carbocycles. The van der Waals surface area contributed by atoms with Crippen molar-refractivity contribution in [2.24, 2.45) is 11.8 Å². The van der Waals surface area contributed by atoms with Crippen LogP contribution in [-0.2, 0) is 9.53 Å². The van der Waals surface area contributed by atoms with Crippen LogP contribution in [0.5, 0.6) is 5.75 Å². The van der Waals surface area contributed by atoms with E-state index >= 15 is 0 Å². The van der Waals surface area contributed by atoms with Gasteiger partial charge in [0.05, 0.1) is 17.7 Å². The summed E-state index contributed by atoms with van der Waals surface area (Å²) in [6, 6.07) is 4.67. The first-order valence-corrected chi connectivity index (χ1v) is 12.0. The first-order valence-electron chi connectivity index (χ1n) is 12.0. The molecule has 1 saturated carbocycles. The molecular formula is C25H38N4O5. The average molecular weight is 475 g/mol. The molecule has 1 aliphatic carbocycles. The summed E-state index contributed by atoms with van der Waals surface area (Å²) in [6.45, 7) is 8.80. The molecule has 2 N–H and O–H groups in total. The lowest BCUT2D eigenvalue weighted by Gasteiger charge is -2.36. The van der Waals surface area contributed by atoms with Crippen LogP contribution < -0.4 is 15.4 Å². The van der Waals surface area contributed by atoms with Crippen LogP contribution in [0.15, 0.2) is 18.2 Å². The molecular weight excluding hydrogens is 436 g/mol. The summed E-state index contributed by atoms with van der Waals surface area (Å²) in [4.78, 5) is 41.9. The number of urea groups is 1. The maximum absolute atomic E-state index is 13.3. The Kier molecular flexibility index (Phi) is 8.41. The number of carbonyl (C=O) groups excluding carboxylic acids is 3. The Morgan fingerprint density at radius 1 is 1.18 bits per heavy atom. The fraction of sp³-hybridized carbons (Fsp3) is 0.640. The lowest BCUT2D eigenvalue weighted by atomic mass is 10.0. The van der Waals surface area contributed by atoms with Crippen molar-refractivity contribution < 1.29 is 23.9 Å². The largest absolute Gasteiger partial charge is 0.491 e. The van der Waals surface area contributed by atoms with Crippen LogP contribution in [0.25, 0.3) is 0 Å². The van der Waals surface area contributed by atoms with E-state index in [4.69, 9.17) is 9.47 Å². The molecule has 34 heavy (non-hydrogen) atoms. The summed E-state index contributed by atoms with van der Waals surface area (Å²) >= 11 is 0. The molecule has 9 nitrogen and oxygen atoms in total. The summed E-state index contributed by atoms with van der Waals surface area (Å²) in [7, 11) is 3.35. The second-order valence-electron chi connectivity index (χ2n) is 9.83. The average Bonchev–Trinajstić information content (AvgIpc) is 3.63. The van der Waals surface area contributed by atoms with Crippen LogP contribution in [-0.4, -0.2) is 79.7 Å². The molecule has 1 fully saturated rings. The molecule has 0 saturated heterocycles. The van der Waals surface area contributed by atoms with Crippen molar-refractivity contribution in [3.8, 4) is 5.75 Å². The van der Waals surface area contributed by atoms with Crippen LogP contribution in [0, 0.1) is 11.8 Å². The highest BCUT2D eigenvalue weighted by molar-refractivity contribution is 5.99. The maximum atomic E-state index is 13.3. The van der Waals surface area contributed by atoms with Crippen molar-refractivity contribution >= 4 is 23.5 Å². The molecule has 1 aromatic rings. The third kappa shape index (κ3) is 6.40. The number of methoxy groups -OCH3 is 1. The molecule has 1 aliphatic heterocycles. The minimum absolute atomic E-state index is 0.00218. The lowest BCUT2D eigenvalue weighted by molar-refractivity contribution is -0.117. The standard InChI is InChI=1S/C25H38N4O5/c1-15(2)26-25(32)29-12-16(3)22(33-6)13-28(5)24(31)20-10-9-19(27-23(30)18-7-8-18)11-21(20)34-14-17(29)4/h9-11,15-18,22H,7-8,12-14H2,1-6H3,(H,26,32)(H,27,30)/t16-,17-,22-/m0/s1. The topological polar surface area (TPSA) is 100 Å². The van der Waals surface area contributed by atoms with Gasteiger partial charge in [-0.05, 0) is 45.7 Å². The number of rotatable bonds is 4. The van der Waals surface area contributed by atoms with Gasteiger partial charge < -0.3 is 29.9 Å². The SMILES string of the molecule is CO[C@H]1CN(C)C(=O)c2ccc(NC(=O)C3CC3)cc2OC[C@H](C)N(C(=O)NC(C)C)C[C@@H]1C. The molecule has 188 valence electrons. The van der Waals surface area contributed by atoms with E-state index in [2.05, 4.69) is 10.6 Å². The molecule has 0 radical (unpaired) electrons. The van der Waals surface area contributed by atoms with Crippen LogP contribution in [0.2, 0.25) is 0 Å². The van der Waals surface area contributed by atoms with Gasteiger partial charge in [-0.3, -0.25) is 9.59 Å². The van der Waals surface area contributed by atoms with E-state index in [1.165, 1.54) is 0 Å². The van der Waals surface area contributed by atoms with Gasteiger partial charge in [0.1, 0.15) is 12.4 Å². The van der Waals surface area contributed by atoms with Crippen molar-refractivity contribution in [3.05, 3.63) is 23.8 Å². The summed E-state index contributed by atoms with van der Waals surface area (Å²) in [5.41, 5.74) is 0.990. The minimum Gasteiger partial charge on any atom is -0.491 e. The second-order valence-corrected chi connectivity index (χ2v) is 9.83. The molecule has 9 heteroatoms. The summed E-state index contributed by atoms with van der Waals surface area (Å²) in [5, 5.41) is 5.88. The first kappa shape index (κ1) is 25.8. The Bertz CT molecular complexity index is 901. The number of hydrogen-bond donors (Lipinski definition) is 2.